The largest absolute Gasteiger partial charge is 0.494 e. The lowest BCUT2D eigenvalue weighted by Gasteiger charge is -2.36. The molecule has 0 spiro atoms. The zero-order valence-electron chi connectivity index (χ0n) is 50.5. The number of H-pyrrole nitrogens is 2. The molecule has 492 valence electrons. The molecule has 98 heavy (non-hydrogen) atoms. The number of amides is 8. The third-order valence-corrected chi connectivity index (χ3v) is 15.8. The number of nitrogens with zero attached hydrogens (tertiary/aromatic N) is 5. The first-order valence-electron chi connectivity index (χ1n) is 28.4. The van der Waals surface area contributed by atoms with Crippen molar-refractivity contribution in [1.29, 1.82) is 5.26 Å². The van der Waals surface area contributed by atoms with E-state index in [0.717, 1.165) is 16.1 Å². The summed E-state index contributed by atoms with van der Waals surface area (Å²) < 4.78 is 0.0881. The molecule has 7 aromatic rings. The maximum absolute atomic E-state index is 13.3. The summed E-state index contributed by atoms with van der Waals surface area (Å²) in [5.74, 6) is -4.14. The van der Waals surface area contributed by atoms with Crippen molar-refractivity contribution < 1.29 is 43.5 Å². The zero-order chi connectivity index (χ0) is 70.6. The number of carbonyl (C=O) groups is 8. The minimum absolute atomic E-state index is 0.0131. The van der Waals surface area contributed by atoms with Crippen LogP contribution in [0.15, 0.2) is 201 Å². The van der Waals surface area contributed by atoms with Gasteiger partial charge in [-0.25, -0.2) is 0 Å². The number of benzene rings is 5. The fourth-order valence-electron chi connectivity index (χ4n) is 8.63. The number of allylic oxidation sites excluding steroid dienone is 2. The van der Waals surface area contributed by atoms with Gasteiger partial charge in [-0.15, -0.1) is 11.3 Å². The van der Waals surface area contributed by atoms with Gasteiger partial charge < -0.3 is 15.0 Å². The second-order valence-electron chi connectivity index (χ2n) is 20.1. The summed E-state index contributed by atoms with van der Waals surface area (Å²) in [4.78, 5) is 122. The summed E-state index contributed by atoms with van der Waals surface area (Å²) in [5, 5.41) is 35.5. The van der Waals surface area contributed by atoms with Crippen molar-refractivity contribution in [3.8, 4) is 11.9 Å². The number of aromatic amines is 2. The molecule has 5 aromatic carbocycles. The Morgan fingerprint density at radius 3 is 1.35 bits per heavy atom. The number of para-hydroxylation sites is 2. The van der Waals surface area contributed by atoms with Gasteiger partial charge in [0.25, 0.3) is 52.8 Å². The molecule has 7 heterocycles. The Morgan fingerprint density at radius 1 is 0.541 bits per heavy atom. The highest BCUT2D eigenvalue weighted by Gasteiger charge is 2.41. The molecular formula is C67H49Cl2N13O10S6. The highest BCUT2D eigenvalue weighted by molar-refractivity contribution is 7.81. The van der Waals surface area contributed by atoms with Crippen LogP contribution in [-0.4, -0.2) is 103 Å². The van der Waals surface area contributed by atoms with E-state index in [1.54, 1.807) is 109 Å². The van der Waals surface area contributed by atoms with E-state index in [0.29, 0.717) is 51.2 Å². The minimum atomic E-state index is -0.510. The Kier molecular flexibility index (Phi) is 25.5. The standard InChI is InChI=1S/C23H15ClN2O2S.C15H14N4O2S.C11H7ClN2O2S.C9H7N3O2S.C9H6N2O2S2/c24-17-13-11-16(12-14-17)15-20-21(27)25(18-7-3-1-4-8-18)23(29)26(22(20)28)19-9-5-2-6-10-19;1-19(8-2-7-16)11-5-3-10(4-6-11)9-12-13(20)17-15(22)18-14(12)21;12-7-3-1-6(2-4-7)5-8-9(15)13-11(17)14-10(8)16;13-7-6(4-5-2-1-3-10-5)8(14)12-9(15)11-7;12-7-6(4-5-2-1-3-15-5)8(13)11-9(14)10-7/h1-15H;3-6,9H,2,8H2,1H3,(H2,17,18,20,21,22);1-5H,(H2,13,14,15,16,17);1-4H,(H3,11,12,13,14,15);1-4H,(H2,10,11,12,13,14). The van der Waals surface area contributed by atoms with Crippen LogP contribution in [0, 0.1) is 16.1 Å². The van der Waals surface area contributed by atoms with Crippen molar-refractivity contribution in [1.82, 2.24) is 41.9 Å². The number of aromatic nitrogens is 2. The van der Waals surface area contributed by atoms with Crippen molar-refractivity contribution in [2.45, 2.75) is 6.42 Å². The van der Waals surface area contributed by atoms with E-state index in [9.17, 15) is 48.3 Å². The van der Waals surface area contributed by atoms with Crippen LogP contribution in [0.2, 0.25) is 10.0 Å². The zero-order valence-corrected chi connectivity index (χ0v) is 56.9. The van der Waals surface area contributed by atoms with E-state index in [1.807, 2.05) is 78.0 Å². The fraction of sp³-hybridized carbons (Fsp3) is 0.0448. The average Bonchev–Trinajstić information content (AvgIpc) is 0.830. The van der Waals surface area contributed by atoms with E-state index >= 15 is 0 Å². The number of hydrogen-bond acceptors (Lipinski definition) is 19. The Balaban J connectivity index is 0.000000160. The topological polar surface area (TPSA) is 323 Å². The molecule has 4 saturated heterocycles. The van der Waals surface area contributed by atoms with E-state index in [-0.39, 0.29) is 59.0 Å². The SMILES string of the molecule is CN(CCC#N)c1ccc(C=C2C(=O)NC(=S)NC2=O)cc1.O=C1C(=Cc2ccc(Cl)cc2)C(=O)N(c2ccccc2)C(=S)N1c1ccccc1.O=C1NC(=S)NC(=O)C1=Cc1ccc(Cl)cc1.O=C1NC(=S)NC(=O)C1=Cc1cccs1.O=c1[nH]c(=S)[nH]c(O)c1C=C1C=CC=N1. The summed E-state index contributed by atoms with van der Waals surface area (Å²) in [6.45, 7) is 0.638. The Morgan fingerprint density at radius 2 is 0.959 bits per heavy atom. The second-order valence-corrected chi connectivity index (χ2v) is 23.9. The molecule has 31 heteroatoms. The number of aromatic hydroxyl groups is 1. The van der Waals surface area contributed by atoms with E-state index < -0.39 is 52.8 Å². The van der Waals surface area contributed by atoms with Crippen molar-refractivity contribution >= 4 is 217 Å². The van der Waals surface area contributed by atoms with Gasteiger partial charge in [-0.05, 0) is 192 Å². The molecule has 0 saturated carbocycles. The molecule has 9 N–H and O–H groups in total. The molecule has 5 aliphatic heterocycles. The highest BCUT2D eigenvalue weighted by Crippen LogP contribution is 2.30. The van der Waals surface area contributed by atoms with Crippen molar-refractivity contribution in [3.05, 3.63) is 243 Å². The molecule has 0 radical (unpaired) electrons. The first-order chi connectivity index (χ1) is 47.0. The number of thiophene rings is 1. The first kappa shape index (κ1) is 72.6. The van der Waals surface area contributed by atoms with Crippen LogP contribution < -0.4 is 52.2 Å². The maximum Gasteiger partial charge on any atom is 0.270 e. The predicted octanol–water partition coefficient (Wildman–Crippen LogP) is 9.08. The number of nitriles is 1. The fourth-order valence-corrected chi connectivity index (χ4v) is 10.7. The summed E-state index contributed by atoms with van der Waals surface area (Å²) in [6, 6.07) is 44.9. The molecule has 8 amide bonds. The van der Waals surface area contributed by atoms with Crippen LogP contribution in [0.4, 0.5) is 17.1 Å². The Hall–Kier alpha value is -11.2. The highest BCUT2D eigenvalue weighted by atomic mass is 35.5. The third kappa shape index (κ3) is 19.9. The van der Waals surface area contributed by atoms with Crippen LogP contribution in [-0.2, 0) is 38.4 Å². The number of rotatable bonds is 10. The van der Waals surface area contributed by atoms with Gasteiger partial charge in [-0.2, -0.15) is 5.26 Å². The number of anilines is 3. The van der Waals surface area contributed by atoms with Gasteiger partial charge in [0.2, 0.25) is 5.88 Å². The molecular weight excluding hydrogens is 1410 g/mol. The summed E-state index contributed by atoms with van der Waals surface area (Å²) in [7, 11) is 1.90. The predicted molar refractivity (Wildman–Crippen MR) is 396 cm³/mol. The van der Waals surface area contributed by atoms with Crippen LogP contribution in [0.5, 0.6) is 5.88 Å². The lowest BCUT2D eigenvalue weighted by molar-refractivity contribution is -0.124. The number of thiocarbonyl (C=S) groups is 4. The number of hydrogen-bond donors (Lipinski definition) is 9. The Labute approximate surface area is 598 Å². The molecule has 0 aliphatic carbocycles. The molecule has 0 bridgehead atoms. The molecule has 4 fully saturated rings. The van der Waals surface area contributed by atoms with E-state index in [2.05, 4.69) is 77.4 Å². The normalized spacial score (nSPS) is 15.0. The van der Waals surface area contributed by atoms with Crippen LogP contribution in [0.3, 0.4) is 0 Å². The monoisotopic (exact) mass is 1460 g/mol. The Bertz CT molecular complexity index is 4620. The van der Waals surface area contributed by atoms with Gasteiger partial charge in [-0.1, -0.05) is 102 Å². The quantitative estimate of drug-likeness (QED) is 0.0350. The van der Waals surface area contributed by atoms with Crippen molar-refractivity contribution in [2.24, 2.45) is 4.99 Å². The summed E-state index contributed by atoms with van der Waals surface area (Å²) >= 11 is 37.5. The second kappa shape index (κ2) is 34.5. The van der Waals surface area contributed by atoms with Crippen molar-refractivity contribution in [2.75, 3.05) is 28.3 Å². The average molecular weight is 1460 g/mol. The van der Waals surface area contributed by atoms with Gasteiger partial charge in [-0.3, -0.25) is 94.8 Å². The maximum atomic E-state index is 13.3. The van der Waals surface area contributed by atoms with Gasteiger partial charge in [0.1, 0.15) is 27.9 Å². The van der Waals surface area contributed by atoms with Gasteiger partial charge in [0, 0.05) is 40.4 Å². The molecule has 2 aromatic heterocycles. The van der Waals surface area contributed by atoms with Crippen LogP contribution in [0.1, 0.15) is 33.6 Å². The molecule has 0 atom stereocenters. The number of aliphatic imine (C=N–C) groups is 1. The van der Waals surface area contributed by atoms with E-state index in [1.165, 1.54) is 45.4 Å². The molecule has 12 rings (SSSR count). The van der Waals surface area contributed by atoms with Crippen molar-refractivity contribution in [3.63, 3.8) is 0 Å². The minimum Gasteiger partial charge on any atom is -0.494 e. The number of halogens is 2. The van der Waals surface area contributed by atoms with Crippen LogP contribution >= 0.6 is 95.6 Å². The summed E-state index contributed by atoms with van der Waals surface area (Å²) in [5.41, 5.74) is 4.67. The number of nitrogens with one attached hydrogen (secondary N) is 8. The lowest BCUT2D eigenvalue weighted by Crippen LogP contribution is -2.56. The molecule has 5 aliphatic rings. The van der Waals surface area contributed by atoms with Gasteiger partial charge in [0.15, 0.2) is 25.2 Å². The van der Waals surface area contributed by atoms with E-state index in [4.69, 9.17) is 65.1 Å². The lowest BCUT2D eigenvalue weighted by atomic mass is 10.0. The molecule has 0 unspecified atom stereocenters. The van der Waals surface area contributed by atoms with Gasteiger partial charge in [0.05, 0.1) is 29.6 Å². The van der Waals surface area contributed by atoms with Crippen LogP contribution in [0.25, 0.3) is 30.4 Å². The summed E-state index contributed by atoms with van der Waals surface area (Å²) in [6.07, 6.45) is 13.1. The first-order valence-corrected chi connectivity index (χ1v) is 32.0. The smallest absolute Gasteiger partial charge is 0.270 e. The molecule has 23 nitrogen and oxygen atoms in total. The number of carbonyl (C=O) groups excluding carboxylic acids is 8. The third-order valence-electron chi connectivity index (χ3n) is 13.3. The van der Waals surface area contributed by atoms with Gasteiger partial charge >= 0.3 is 0 Å².